The van der Waals surface area contributed by atoms with Crippen LogP contribution in [0.2, 0.25) is 0 Å². The molecule has 0 bridgehead atoms. The second-order valence-electron chi connectivity index (χ2n) is 6.41. The molecule has 0 saturated heterocycles. The molecule has 29 heavy (non-hydrogen) atoms. The van der Waals surface area contributed by atoms with Crippen LogP contribution in [0, 0.1) is 6.92 Å². The molecule has 0 unspecified atom stereocenters. The maximum atomic E-state index is 12.3. The highest BCUT2D eigenvalue weighted by molar-refractivity contribution is 9.10. The lowest BCUT2D eigenvalue weighted by Crippen LogP contribution is -2.29. The molecule has 0 aromatic heterocycles. The van der Waals surface area contributed by atoms with Gasteiger partial charge in [0.05, 0.1) is 13.7 Å². The fraction of sp³-hybridized carbons (Fsp3) is 0.381. The van der Waals surface area contributed by atoms with E-state index < -0.39 is 0 Å². The first-order valence-electron chi connectivity index (χ1n) is 9.42. The minimum absolute atomic E-state index is 0.115. The number of benzene rings is 2. The molecule has 7 nitrogen and oxygen atoms in total. The molecule has 2 aromatic rings. The Labute approximate surface area is 179 Å². The van der Waals surface area contributed by atoms with Gasteiger partial charge in [-0.3, -0.25) is 4.79 Å². The van der Waals surface area contributed by atoms with Crippen LogP contribution < -0.4 is 25.4 Å². The van der Waals surface area contributed by atoms with Crippen molar-refractivity contribution in [2.24, 2.45) is 0 Å². The third-order valence-corrected chi connectivity index (χ3v) is 4.88. The quantitative estimate of drug-likeness (QED) is 0.360. The summed E-state index contributed by atoms with van der Waals surface area (Å²) in [7, 11) is 1.57. The van der Waals surface area contributed by atoms with E-state index in [1.165, 1.54) is 0 Å². The highest BCUT2D eigenvalue weighted by Crippen LogP contribution is 2.36. The van der Waals surface area contributed by atoms with Gasteiger partial charge in [0, 0.05) is 41.9 Å². The fourth-order valence-corrected chi connectivity index (χ4v) is 3.08. The number of rotatable bonds is 12. The molecule has 2 aromatic carbocycles. The van der Waals surface area contributed by atoms with Gasteiger partial charge < -0.3 is 30.5 Å². The molecule has 158 valence electrons. The Bertz CT molecular complexity index is 784. The average molecular weight is 466 g/mol. The van der Waals surface area contributed by atoms with E-state index in [4.69, 9.17) is 14.6 Å². The van der Waals surface area contributed by atoms with Crippen LogP contribution in [0.25, 0.3) is 0 Å². The van der Waals surface area contributed by atoms with E-state index >= 15 is 0 Å². The van der Waals surface area contributed by atoms with Crippen LogP contribution in [-0.2, 0) is 11.3 Å². The first kappa shape index (κ1) is 23.2. The molecule has 0 aliphatic rings. The molecule has 0 atom stereocenters. The Morgan fingerprint density at radius 2 is 1.79 bits per heavy atom. The van der Waals surface area contributed by atoms with Crippen molar-refractivity contribution in [2.45, 2.75) is 13.5 Å². The monoisotopic (exact) mass is 465 g/mol. The zero-order valence-electron chi connectivity index (χ0n) is 16.8. The summed E-state index contributed by atoms with van der Waals surface area (Å²) < 4.78 is 12.1. The predicted octanol–water partition coefficient (Wildman–Crippen LogP) is 2.46. The lowest BCUT2D eigenvalue weighted by Gasteiger charge is -2.17. The zero-order valence-corrected chi connectivity index (χ0v) is 18.3. The van der Waals surface area contributed by atoms with Crippen molar-refractivity contribution in [1.29, 1.82) is 0 Å². The van der Waals surface area contributed by atoms with E-state index in [9.17, 15) is 4.79 Å². The molecule has 0 spiro atoms. The van der Waals surface area contributed by atoms with E-state index in [1.807, 2.05) is 37.3 Å². The van der Waals surface area contributed by atoms with Gasteiger partial charge in [0.1, 0.15) is 0 Å². The number of hydrogen-bond donors (Lipinski definition) is 4. The number of ether oxygens (including phenoxy) is 2. The molecule has 8 heteroatoms. The van der Waals surface area contributed by atoms with Gasteiger partial charge in [0.25, 0.3) is 5.91 Å². The van der Waals surface area contributed by atoms with Crippen LogP contribution in [0.4, 0.5) is 5.69 Å². The number of hydrogen-bond acceptors (Lipinski definition) is 6. The Kier molecular flexibility index (Phi) is 9.93. The summed E-state index contributed by atoms with van der Waals surface area (Å²) in [5.41, 5.74) is 2.72. The third kappa shape index (κ3) is 7.66. The number of anilines is 1. The lowest BCUT2D eigenvalue weighted by molar-refractivity contribution is -0.118. The highest BCUT2D eigenvalue weighted by Gasteiger charge is 2.16. The SMILES string of the molecule is COc1ccc(Br)c(CNCCNCCO)c1OCC(=O)Nc1ccc(C)cc1. The van der Waals surface area contributed by atoms with Gasteiger partial charge >= 0.3 is 0 Å². The van der Waals surface area contributed by atoms with Crippen LogP contribution in [0.1, 0.15) is 11.1 Å². The Hall–Kier alpha value is -2.13. The predicted molar refractivity (Wildman–Crippen MR) is 118 cm³/mol. The van der Waals surface area contributed by atoms with Gasteiger partial charge in [0.15, 0.2) is 18.1 Å². The zero-order chi connectivity index (χ0) is 21.1. The second-order valence-corrected chi connectivity index (χ2v) is 7.26. The van der Waals surface area contributed by atoms with Crippen molar-refractivity contribution < 1.29 is 19.4 Å². The number of aryl methyl sites for hydroxylation is 1. The lowest BCUT2D eigenvalue weighted by atomic mass is 10.2. The Morgan fingerprint density at radius 3 is 2.48 bits per heavy atom. The van der Waals surface area contributed by atoms with E-state index in [-0.39, 0.29) is 19.1 Å². The first-order chi connectivity index (χ1) is 14.0. The van der Waals surface area contributed by atoms with Gasteiger partial charge in [-0.15, -0.1) is 0 Å². The molecule has 0 heterocycles. The summed E-state index contributed by atoms with van der Waals surface area (Å²) >= 11 is 3.55. The Balaban J connectivity index is 1.98. The van der Waals surface area contributed by atoms with Crippen LogP contribution in [0.3, 0.4) is 0 Å². The van der Waals surface area contributed by atoms with Crippen molar-refractivity contribution in [3.63, 3.8) is 0 Å². The maximum Gasteiger partial charge on any atom is 0.262 e. The van der Waals surface area contributed by atoms with Crippen LogP contribution in [0.15, 0.2) is 40.9 Å². The van der Waals surface area contributed by atoms with Crippen molar-refractivity contribution >= 4 is 27.5 Å². The number of amides is 1. The van der Waals surface area contributed by atoms with Gasteiger partial charge in [0.2, 0.25) is 0 Å². The summed E-state index contributed by atoms with van der Waals surface area (Å²) in [5.74, 6) is 0.839. The number of aliphatic hydroxyl groups excluding tert-OH is 1. The number of nitrogens with one attached hydrogen (secondary N) is 3. The van der Waals surface area contributed by atoms with E-state index in [0.717, 1.165) is 34.4 Å². The van der Waals surface area contributed by atoms with Crippen LogP contribution >= 0.6 is 15.9 Å². The van der Waals surface area contributed by atoms with Crippen LogP contribution in [0.5, 0.6) is 11.5 Å². The molecule has 0 saturated carbocycles. The van der Waals surface area contributed by atoms with Gasteiger partial charge in [-0.2, -0.15) is 0 Å². The largest absolute Gasteiger partial charge is 0.493 e. The van der Waals surface area contributed by atoms with Crippen molar-refractivity contribution in [3.05, 3.63) is 52.0 Å². The summed E-state index contributed by atoms with van der Waals surface area (Å²) in [6.45, 7) is 4.53. The van der Waals surface area contributed by atoms with Gasteiger partial charge in [-0.25, -0.2) is 0 Å². The van der Waals surface area contributed by atoms with Crippen LogP contribution in [-0.4, -0.2) is 51.0 Å². The number of methoxy groups -OCH3 is 1. The minimum atomic E-state index is -0.247. The summed E-state index contributed by atoms with van der Waals surface area (Å²) in [6.07, 6.45) is 0. The molecule has 0 fully saturated rings. The second kappa shape index (κ2) is 12.4. The standard InChI is InChI=1S/C21H28BrN3O4/c1-15-3-5-16(6-4-15)25-20(27)14-29-21-17(13-24-10-9-23-11-12-26)18(22)7-8-19(21)28-2/h3-8,23-24,26H,9-14H2,1-2H3,(H,25,27). The number of carbonyl (C=O) groups is 1. The van der Waals surface area contributed by atoms with E-state index in [2.05, 4.69) is 31.9 Å². The van der Waals surface area contributed by atoms with Gasteiger partial charge in [-0.05, 0) is 31.2 Å². The molecule has 1 amide bonds. The first-order valence-corrected chi connectivity index (χ1v) is 10.2. The summed E-state index contributed by atoms with van der Waals surface area (Å²) in [6, 6.07) is 11.3. The van der Waals surface area contributed by atoms with E-state index in [0.29, 0.717) is 24.6 Å². The fourth-order valence-electron chi connectivity index (χ4n) is 2.63. The molecule has 0 aliphatic heterocycles. The van der Waals surface area contributed by atoms with Crippen molar-refractivity contribution in [1.82, 2.24) is 10.6 Å². The topological polar surface area (TPSA) is 91.8 Å². The number of carbonyl (C=O) groups excluding carboxylic acids is 1. The molecule has 2 rings (SSSR count). The smallest absolute Gasteiger partial charge is 0.262 e. The van der Waals surface area contributed by atoms with Gasteiger partial charge in [-0.1, -0.05) is 33.6 Å². The normalized spacial score (nSPS) is 10.6. The van der Waals surface area contributed by atoms with E-state index in [1.54, 1.807) is 13.2 Å². The summed E-state index contributed by atoms with van der Waals surface area (Å²) in [5, 5.41) is 18.0. The minimum Gasteiger partial charge on any atom is -0.493 e. The maximum absolute atomic E-state index is 12.3. The number of halogens is 1. The molecule has 0 radical (unpaired) electrons. The molecular formula is C21H28BrN3O4. The van der Waals surface area contributed by atoms with Crippen molar-refractivity contribution in [2.75, 3.05) is 45.3 Å². The van der Waals surface area contributed by atoms with Crippen molar-refractivity contribution in [3.8, 4) is 11.5 Å². The third-order valence-electron chi connectivity index (χ3n) is 4.14. The molecule has 4 N–H and O–H groups in total. The highest BCUT2D eigenvalue weighted by atomic mass is 79.9. The summed E-state index contributed by atoms with van der Waals surface area (Å²) in [4.78, 5) is 12.3. The number of aliphatic hydroxyl groups is 1. The molecular weight excluding hydrogens is 438 g/mol. The molecule has 0 aliphatic carbocycles. The Morgan fingerprint density at radius 1 is 1.07 bits per heavy atom. The average Bonchev–Trinajstić information content (AvgIpc) is 2.72.